The van der Waals surface area contributed by atoms with Crippen LogP contribution in [0.15, 0.2) is 18.2 Å². The maximum Gasteiger partial charge on any atom is 0.294 e. The van der Waals surface area contributed by atoms with Crippen LogP contribution in [0.5, 0.6) is 0 Å². The summed E-state index contributed by atoms with van der Waals surface area (Å²) < 4.78 is 0. The number of nitrogens with one attached hydrogen (secondary N) is 1. The summed E-state index contributed by atoms with van der Waals surface area (Å²) in [5.74, 6) is 4.84. The van der Waals surface area contributed by atoms with Crippen molar-refractivity contribution in [2.24, 2.45) is 5.84 Å². The van der Waals surface area contributed by atoms with Crippen LogP contribution in [0.4, 0.5) is 11.4 Å². The Kier molecular flexibility index (Phi) is 3.63. The Balaban J connectivity index is 2.28. The second-order valence-corrected chi connectivity index (χ2v) is 4.33. The number of rotatable bonds is 3. The molecule has 8 nitrogen and oxygen atoms in total. The van der Waals surface area contributed by atoms with Crippen LogP contribution in [0.25, 0.3) is 0 Å². The number of hydrogen-bond donors (Lipinski definition) is 3. The summed E-state index contributed by atoms with van der Waals surface area (Å²) in [5.41, 5.74) is 2.31. The van der Waals surface area contributed by atoms with Crippen LogP contribution in [-0.4, -0.2) is 40.0 Å². The van der Waals surface area contributed by atoms with Gasteiger partial charge in [-0.1, -0.05) is 0 Å². The van der Waals surface area contributed by atoms with Crippen LogP contribution < -0.4 is 11.3 Å². The van der Waals surface area contributed by atoms with E-state index < -0.39 is 11.0 Å². The summed E-state index contributed by atoms with van der Waals surface area (Å²) in [7, 11) is 0. The highest BCUT2D eigenvalue weighted by Gasteiger charge is 2.27. The molecule has 1 aromatic carbocycles. The van der Waals surface area contributed by atoms with Crippen molar-refractivity contribution in [3.05, 3.63) is 33.9 Å². The van der Waals surface area contributed by atoms with Crippen molar-refractivity contribution >= 4 is 17.3 Å². The lowest BCUT2D eigenvalue weighted by Gasteiger charge is -2.15. The number of nitro groups is 1. The van der Waals surface area contributed by atoms with Gasteiger partial charge in [0.1, 0.15) is 5.69 Å². The smallest absolute Gasteiger partial charge is 0.294 e. The van der Waals surface area contributed by atoms with Crippen molar-refractivity contribution in [1.29, 1.82) is 0 Å². The number of carbonyl (C=O) groups excluding carboxylic acids is 1. The topological polar surface area (TPSA) is 122 Å². The Bertz CT molecular complexity index is 519. The molecule has 1 aliphatic heterocycles. The Morgan fingerprint density at radius 1 is 1.58 bits per heavy atom. The normalized spacial score (nSPS) is 18.4. The summed E-state index contributed by atoms with van der Waals surface area (Å²) in [4.78, 5) is 23.8. The van der Waals surface area contributed by atoms with E-state index in [0.717, 1.165) is 0 Å². The molecule has 1 saturated heterocycles. The SMILES string of the molecule is NNc1ccc(C(=O)N2CCC(O)C2)cc1[N+](=O)[O-]. The van der Waals surface area contributed by atoms with Crippen LogP contribution in [0.3, 0.4) is 0 Å². The first kappa shape index (κ1) is 13.2. The van der Waals surface area contributed by atoms with E-state index in [0.29, 0.717) is 13.0 Å². The second-order valence-electron chi connectivity index (χ2n) is 4.33. The van der Waals surface area contributed by atoms with Crippen LogP contribution in [-0.2, 0) is 0 Å². The third-order valence-corrected chi connectivity index (χ3v) is 3.05. The zero-order valence-corrected chi connectivity index (χ0v) is 10.1. The number of carbonyl (C=O) groups is 1. The molecule has 2 rings (SSSR count). The largest absolute Gasteiger partial charge is 0.391 e. The molecular weight excluding hydrogens is 252 g/mol. The zero-order chi connectivity index (χ0) is 14.0. The van der Waals surface area contributed by atoms with Gasteiger partial charge < -0.3 is 15.4 Å². The Morgan fingerprint density at radius 2 is 2.32 bits per heavy atom. The van der Waals surface area contributed by atoms with Crippen molar-refractivity contribution in [2.45, 2.75) is 12.5 Å². The summed E-state index contributed by atoms with van der Waals surface area (Å²) in [6.45, 7) is 0.703. The molecule has 102 valence electrons. The fourth-order valence-corrected chi connectivity index (χ4v) is 2.05. The number of likely N-dealkylation sites (tertiary alicyclic amines) is 1. The fourth-order valence-electron chi connectivity index (χ4n) is 2.05. The summed E-state index contributed by atoms with van der Waals surface area (Å²) in [6.07, 6.45) is -0.0000707. The summed E-state index contributed by atoms with van der Waals surface area (Å²) in [6, 6.07) is 4.04. The van der Waals surface area contributed by atoms with E-state index in [4.69, 9.17) is 5.84 Å². The van der Waals surface area contributed by atoms with Crippen molar-refractivity contribution in [3.63, 3.8) is 0 Å². The molecule has 8 heteroatoms. The molecule has 0 aromatic heterocycles. The molecule has 1 amide bonds. The van der Waals surface area contributed by atoms with Gasteiger partial charge in [-0.25, -0.2) is 0 Å². The number of nitrogens with two attached hydrogens (primary N) is 1. The lowest BCUT2D eigenvalue weighted by molar-refractivity contribution is -0.384. The minimum atomic E-state index is -0.606. The molecule has 0 spiro atoms. The number of anilines is 1. The molecule has 1 atom stereocenters. The summed E-state index contributed by atoms with van der Waals surface area (Å²) >= 11 is 0. The average Bonchev–Trinajstić information content (AvgIpc) is 2.83. The van der Waals surface area contributed by atoms with Gasteiger partial charge in [0.2, 0.25) is 0 Å². The molecular formula is C11H14N4O4. The van der Waals surface area contributed by atoms with Gasteiger partial charge >= 0.3 is 0 Å². The van der Waals surface area contributed by atoms with E-state index in [1.165, 1.54) is 23.1 Å². The molecule has 1 fully saturated rings. The molecule has 1 aliphatic rings. The number of hydrogen-bond acceptors (Lipinski definition) is 6. The van der Waals surface area contributed by atoms with Crippen LogP contribution in [0.2, 0.25) is 0 Å². The van der Waals surface area contributed by atoms with Gasteiger partial charge in [0.25, 0.3) is 11.6 Å². The highest BCUT2D eigenvalue weighted by atomic mass is 16.6. The van der Waals surface area contributed by atoms with Gasteiger partial charge in [-0.15, -0.1) is 0 Å². The van der Waals surface area contributed by atoms with Crippen LogP contribution >= 0.6 is 0 Å². The van der Waals surface area contributed by atoms with Crippen molar-refractivity contribution in [2.75, 3.05) is 18.5 Å². The molecule has 0 radical (unpaired) electrons. The fraction of sp³-hybridized carbons (Fsp3) is 0.364. The molecule has 1 unspecified atom stereocenters. The Morgan fingerprint density at radius 3 is 2.84 bits per heavy atom. The number of aliphatic hydroxyl groups is 1. The first-order chi connectivity index (χ1) is 9.02. The van der Waals surface area contributed by atoms with E-state index in [2.05, 4.69) is 5.43 Å². The highest BCUT2D eigenvalue weighted by Crippen LogP contribution is 2.25. The molecule has 0 bridgehead atoms. The maximum atomic E-state index is 12.1. The minimum absolute atomic E-state index is 0.142. The second kappa shape index (κ2) is 5.21. The predicted octanol–water partition coefficient (Wildman–Crippen LogP) is 0.0872. The number of nitrogen functional groups attached to an aromatic ring is 1. The van der Waals surface area contributed by atoms with Gasteiger partial charge in [-0.2, -0.15) is 0 Å². The van der Waals surface area contributed by atoms with Crippen molar-refractivity contribution in [1.82, 2.24) is 4.90 Å². The van der Waals surface area contributed by atoms with E-state index in [-0.39, 0.29) is 29.4 Å². The molecule has 4 N–H and O–H groups in total. The number of hydrazine groups is 1. The van der Waals surface area contributed by atoms with Gasteiger partial charge in [0, 0.05) is 24.7 Å². The average molecular weight is 266 g/mol. The molecule has 0 saturated carbocycles. The van der Waals surface area contributed by atoms with Gasteiger partial charge in [0.15, 0.2) is 0 Å². The van der Waals surface area contributed by atoms with Gasteiger partial charge in [-0.05, 0) is 18.6 Å². The zero-order valence-electron chi connectivity index (χ0n) is 10.1. The molecule has 1 heterocycles. The molecule has 19 heavy (non-hydrogen) atoms. The van der Waals surface area contributed by atoms with Gasteiger partial charge in [0.05, 0.1) is 11.0 Å². The molecule has 0 aliphatic carbocycles. The molecule has 1 aromatic rings. The lowest BCUT2D eigenvalue weighted by Crippen LogP contribution is -2.29. The number of amides is 1. The number of aliphatic hydroxyl groups excluding tert-OH is 1. The highest BCUT2D eigenvalue weighted by molar-refractivity contribution is 5.96. The first-order valence-corrected chi connectivity index (χ1v) is 5.75. The quantitative estimate of drug-likeness (QED) is 0.405. The number of β-amino-alcohol motifs (C(OH)–C–C–N with tert-alkyl or cyclic N) is 1. The Hall–Kier alpha value is -2.19. The van der Waals surface area contributed by atoms with Gasteiger partial charge in [-0.3, -0.25) is 20.8 Å². The third kappa shape index (κ3) is 2.64. The van der Waals surface area contributed by atoms with E-state index in [9.17, 15) is 20.0 Å². The number of nitro benzene ring substituents is 1. The lowest BCUT2D eigenvalue weighted by atomic mass is 10.1. The summed E-state index contributed by atoms with van der Waals surface area (Å²) in [5, 5.41) is 20.3. The van der Waals surface area contributed by atoms with Crippen LogP contribution in [0, 0.1) is 10.1 Å². The Labute approximate surface area is 108 Å². The number of nitrogens with zero attached hydrogens (tertiary/aromatic N) is 2. The predicted molar refractivity (Wildman–Crippen MR) is 67.4 cm³/mol. The van der Waals surface area contributed by atoms with E-state index in [1.54, 1.807) is 0 Å². The third-order valence-electron chi connectivity index (χ3n) is 3.05. The van der Waals surface area contributed by atoms with E-state index >= 15 is 0 Å². The van der Waals surface area contributed by atoms with Crippen molar-refractivity contribution < 1.29 is 14.8 Å². The standard InChI is InChI=1S/C11H14N4O4/c12-13-9-2-1-7(5-10(9)15(18)19)11(17)14-4-3-8(16)6-14/h1-2,5,8,13,16H,3-4,6,12H2. The first-order valence-electron chi connectivity index (χ1n) is 5.75. The maximum absolute atomic E-state index is 12.1. The van der Waals surface area contributed by atoms with Crippen LogP contribution in [0.1, 0.15) is 16.8 Å². The number of benzene rings is 1. The minimum Gasteiger partial charge on any atom is -0.391 e. The van der Waals surface area contributed by atoms with Crippen molar-refractivity contribution in [3.8, 4) is 0 Å². The monoisotopic (exact) mass is 266 g/mol. The van der Waals surface area contributed by atoms with E-state index in [1.807, 2.05) is 0 Å².